The van der Waals surface area contributed by atoms with Gasteiger partial charge in [0.2, 0.25) is 10.0 Å². The third-order valence-corrected chi connectivity index (χ3v) is 6.70. The second kappa shape index (κ2) is 7.76. The Labute approximate surface area is 167 Å². The molecule has 0 atom stereocenters. The third kappa shape index (κ3) is 3.79. The molecule has 0 saturated carbocycles. The third-order valence-electron chi connectivity index (χ3n) is 4.77. The highest BCUT2D eigenvalue weighted by Crippen LogP contribution is 2.23. The molecule has 0 spiro atoms. The van der Waals surface area contributed by atoms with Gasteiger partial charge in [-0.2, -0.15) is 4.31 Å². The Balaban J connectivity index is 1.44. The van der Waals surface area contributed by atoms with E-state index in [-0.39, 0.29) is 42.7 Å². The molecule has 4 rings (SSSR count). The summed E-state index contributed by atoms with van der Waals surface area (Å²) >= 11 is 0. The van der Waals surface area contributed by atoms with Crippen LogP contribution in [0.5, 0.6) is 0 Å². The summed E-state index contributed by atoms with van der Waals surface area (Å²) in [5.41, 5.74) is 0.967. The van der Waals surface area contributed by atoms with Crippen LogP contribution in [0.4, 0.5) is 4.39 Å². The van der Waals surface area contributed by atoms with Gasteiger partial charge in [0.1, 0.15) is 10.7 Å². The van der Waals surface area contributed by atoms with Gasteiger partial charge in [0.05, 0.1) is 0 Å². The zero-order chi connectivity index (χ0) is 20.4. The summed E-state index contributed by atoms with van der Waals surface area (Å²) in [7, 11) is -3.95. The highest BCUT2D eigenvalue weighted by Gasteiger charge is 2.32. The van der Waals surface area contributed by atoms with E-state index < -0.39 is 15.8 Å². The van der Waals surface area contributed by atoms with Crippen LogP contribution in [0.2, 0.25) is 0 Å². The molecule has 1 aliphatic rings. The highest BCUT2D eigenvalue weighted by molar-refractivity contribution is 7.89. The molecule has 29 heavy (non-hydrogen) atoms. The van der Waals surface area contributed by atoms with E-state index in [2.05, 4.69) is 5.16 Å². The first kappa shape index (κ1) is 19.3. The van der Waals surface area contributed by atoms with Gasteiger partial charge in [-0.05, 0) is 12.1 Å². The smallest absolute Gasteiger partial charge is 0.276 e. The van der Waals surface area contributed by atoms with Crippen LogP contribution in [0.15, 0.2) is 70.1 Å². The van der Waals surface area contributed by atoms with Crippen LogP contribution in [0.1, 0.15) is 10.5 Å². The fourth-order valence-corrected chi connectivity index (χ4v) is 4.69. The van der Waals surface area contributed by atoms with Crippen LogP contribution in [-0.4, -0.2) is 54.9 Å². The number of piperazine rings is 1. The van der Waals surface area contributed by atoms with Crippen molar-refractivity contribution in [3.8, 4) is 11.3 Å². The molecule has 1 aromatic heterocycles. The predicted molar refractivity (Wildman–Crippen MR) is 103 cm³/mol. The number of nitrogens with zero attached hydrogens (tertiary/aromatic N) is 3. The molecule has 2 aromatic carbocycles. The van der Waals surface area contributed by atoms with Gasteiger partial charge >= 0.3 is 0 Å². The van der Waals surface area contributed by atoms with Crippen LogP contribution in [0, 0.1) is 5.82 Å². The number of carbonyl (C=O) groups excluding carboxylic acids is 1. The van der Waals surface area contributed by atoms with Crippen molar-refractivity contribution in [1.29, 1.82) is 0 Å². The minimum Gasteiger partial charge on any atom is -0.355 e. The molecule has 7 nitrogen and oxygen atoms in total. The van der Waals surface area contributed by atoms with E-state index in [1.54, 1.807) is 6.07 Å². The van der Waals surface area contributed by atoms with Crippen LogP contribution in [-0.2, 0) is 10.0 Å². The molecule has 1 aliphatic heterocycles. The Hall–Kier alpha value is -3.04. The van der Waals surface area contributed by atoms with Gasteiger partial charge in [0, 0.05) is 37.8 Å². The van der Waals surface area contributed by atoms with Crippen molar-refractivity contribution in [2.24, 2.45) is 0 Å². The van der Waals surface area contributed by atoms with Crippen molar-refractivity contribution in [2.75, 3.05) is 26.2 Å². The second-order valence-corrected chi connectivity index (χ2v) is 8.48. The molecular weight excluding hydrogens is 397 g/mol. The van der Waals surface area contributed by atoms with Crippen molar-refractivity contribution >= 4 is 15.9 Å². The number of amides is 1. The maximum absolute atomic E-state index is 13.9. The van der Waals surface area contributed by atoms with Crippen molar-refractivity contribution < 1.29 is 22.1 Å². The van der Waals surface area contributed by atoms with Gasteiger partial charge in [-0.15, -0.1) is 0 Å². The summed E-state index contributed by atoms with van der Waals surface area (Å²) in [6, 6.07) is 16.1. The topological polar surface area (TPSA) is 83.7 Å². The first-order chi connectivity index (χ1) is 14.0. The Kier molecular flexibility index (Phi) is 5.16. The molecule has 0 N–H and O–H groups in total. The van der Waals surface area contributed by atoms with Gasteiger partial charge in [-0.1, -0.05) is 47.6 Å². The number of aromatic nitrogens is 1. The van der Waals surface area contributed by atoms with E-state index >= 15 is 0 Å². The quantitative estimate of drug-likeness (QED) is 0.654. The Bertz CT molecular complexity index is 1120. The Morgan fingerprint density at radius 2 is 1.62 bits per heavy atom. The predicted octanol–water partition coefficient (Wildman–Crippen LogP) is 2.63. The minimum atomic E-state index is -3.95. The van der Waals surface area contributed by atoms with Crippen molar-refractivity contribution in [3.63, 3.8) is 0 Å². The van der Waals surface area contributed by atoms with Crippen LogP contribution in [0.25, 0.3) is 11.3 Å². The van der Waals surface area contributed by atoms with Crippen LogP contribution < -0.4 is 0 Å². The van der Waals surface area contributed by atoms with Gasteiger partial charge in [-0.25, -0.2) is 12.8 Å². The minimum absolute atomic E-state index is 0.0752. The van der Waals surface area contributed by atoms with E-state index in [0.717, 1.165) is 11.6 Å². The molecule has 0 bridgehead atoms. The highest BCUT2D eigenvalue weighted by atomic mass is 32.2. The molecule has 2 heterocycles. The maximum Gasteiger partial charge on any atom is 0.276 e. The monoisotopic (exact) mass is 415 g/mol. The zero-order valence-corrected chi connectivity index (χ0v) is 16.2. The number of rotatable bonds is 4. The largest absolute Gasteiger partial charge is 0.355 e. The molecule has 3 aromatic rings. The van der Waals surface area contributed by atoms with Crippen LogP contribution in [0.3, 0.4) is 0 Å². The van der Waals surface area contributed by atoms with Gasteiger partial charge in [0.25, 0.3) is 5.91 Å². The van der Waals surface area contributed by atoms with E-state index in [1.165, 1.54) is 27.4 Å². The summed E-state index contributed by atoms with van der Waals surface area (Å²) in [6.07, 6.45) is 0. The lowest BCUT2D eigenvalue weighted by molar-refractivity contribution is 0.0687. The molecule has 150 valence electrons. The molecule has 1 fully saturated rings. The first-order valence-corrected chi connectivity index (χ1v) is 10.5. The number of sulfonamides is 1. The lowest BCUT2D eigenvalue weighted by Crippen LogP contribution is -2.50. The second-order valence-electron chi connectivity index (χ2n) is 6.57. The SMILES string of the molecule is O=C(c1cc(-c2ccccc2)on1)N1CCN(S(=O)(=O)c2ccccc2F)CC1. The van der Waals surface area contributed by atoms with Crippen molar-refractivity contribution in [1.82, 2.24) is 14.4 Å². The zero-order valence-electron chi connectivity index (χ0n) is 15.4. The maximum atomic E-state index is 13.9. The molecule has 0 aliphatic carbocycles. The van der Waals surface area contributed by atoms with Crippen LogP contribution >= 0.6 is 0 Å². The average molecular weight is 415 g/mol. The van der Waals surface area contributed by atoms with E-state index in [0.29, 0.717) is 5.76 Å². The summed E-state index contributed by atoms with van der Waals surface area (Å²) in [5.74, 6) is -0.643. The lowest BCUT2D eigenvalue weighted by atomic mass is 10.1. The number of carbonyl (C=O) groups is 1. The lowest BCUT2D eigenvalue weighted by Gasteiger charge is -2.33. The first-order valence-electron chi connectivity index (χ1n) is 9.03. The van der Waals surface area contributed by atoms with Gasteiger partial charge in [0.15, 0.2) is 11.5 Å². The van der Waals surface area contributed by atoms with Crippen molar-refractivity contribution in [3.05, 3.63) is 72.2 Å². The number of hydrogen-bond acceptors (Lipinski definition) is 5. The summed E-state index contributed by atoms with van der Waals surface area (Å²) in [5, 5.41) is 3.85. The Morgan fingerprint density at radius 3 is 2.31 bits per heavy atom. The molecule has 9 heteroatoms. The summed E-state index contributed by atoms with van der Waals surface area (Å²) < 4.78 is 45.7. The van der Waals surface area contributed by atoms with Gasteiger partial charge < -0.3 is 9.42 Å². The number of halogens is 1. The molecular formula is C20H18FN3O4S. The molecule has 1 amide bonds. The van der Waals surface area contributed by atoms with Gasteiger partial charge in [-0.3, -0.25) is 4.79 Å². The fourth-order valence-electron chi connectivity index (χ4n) is 3.20. The molecule has 0 radical (unpaired) electrons. The standard InChI is InChI=1S/C20H18FN3O4S/c21-16-8-4-5-9-19(16)29(26,27)24-12-10-23(11-13-24)20(25)17-14-18(28-22-17)15-6-2-1-3-7-15/h1-9,14H,10-13H2. The summed E-state index contributed by atoms with van der Waals surface area (Å²) in [4.78, 5) is 13.9. The average Bonchev–Trinajstić information content (AvgIpc) is 3.24. The normalized spacial score (nSPS) is 15.4. The fraction of sp³-hybridized carbons (Fsp3) is 0.200. The van der Waals surface area contributed by atoms with E-state index in [9.17, 15) is 17.6 Å². The molecule has 0 unspecified atom stereocenters. The van der Waals surface area contributed by atoms with Crippen molar-refractivity contribution in [2.45, 2.75) is 4.90 Å². The van der Waals surface area contributed by atoms with E-state index in [1.807, 2.05) is 30.3 Å². The molecule has 1 saturated heterocycles. The summed E-state index contributed by atoms with van der Waals surface area (Å²) in [6.45, 7) is 0.512. The number of hydrogen-bond donors (Lipinski definition) is 0. The van der Waals surface area contributed by atoms with E-state index in [4.69, 9.17) is 4.52 Å². The number of benzene rings is 2. The Morgan fingerprint density at radius 1 is 0.966 bits per heavy atom.